The summed E-state index contributed by atoms with van der Waals surface area (Å²) >= 11 is 0. The van der Waals surface area contributed by atoms with Gasteiger partial charge in [0.25, 0.3) is 0 Å². The first-order valence-corrected chi connectivity index (χ1v) is 8.09. The van der Waals surface area contributed by atoms with E-state index in [1.165, 1.54) is 51.4 Å². The molecule has 0 bridgehead atoms. The molecule has 0 nitrogen and oxygen atoms in total. The van der Waals surface area contributed by atoms with Crippen LogP contribution in [0.4, 0.5) is 0 Å². The minimum Gasteiger partial charge on any atom is -0.0914 e. The summed E-state index contributed by atoms with van der Waals surface area (Å²) in [5, 5.41) is 0. The minimum atomic E-state index is 0. The summed E-state index contributed by atoms with van der Waals surface area (Å²) in [6, 6.07) is 0. The third-order valence-electron chi connectivity index (χ3n) is 5.00. The van der Waals surface area contributed by atoms with Crippen LogP contribution in [0.25, 0.3) is 0 Å². The molecule has 0 aliphatic heterocycles. The lowest BCUT2D eigenvalue weighted by atomic mass is 9.79. The van der Waals surface area contributed by atoms with Gasteiger partial charge in [-0.2, -0.15) is 0 Å². The molecular weight excluding hydrogens is 228 g/mol. The highest BCUT2D eigenvalue weighted by Crippen LogP contribution is 2.33. The van der Waals surface area contributed by atoms with Gasteiger partial charge in [-0.05, 0) is 69.1 Å². The summed E-state index contributed by atoms with van der Waals surface area (Å²) in [4.78, 5) is 0. The van der Waals surface area contributed by atoms with Crippen LogP contribution in [0.3, 0.4) is 0 Å². The molecule has 0 amide bonds. The second-order valence-corrected chi connectivity index (χ2v) is 6.61. The summed E-state index contributed by atoms with van der Waals surface area (Å²) < 4.78 is 0. The standard InChI is InChI=1S/C18H30.CH4/c1-3-4-16-9-11-18(12-10-16)14-13-17-7-5-15(2)6-8-17;/h3-4,13-18H,5-12H2,1-2H3;1H4/b4-3?,14-13+;. The van der Waals surface area contributed by atoms with Crippen LogP contribution >= 0.6 is 0 Å². The summed E-state index contributed by atoms with van der Waals surface area (Å²) in [7, 11) is 0. The van der Waals surface area contributed by atoms with E-state index >= 15 is 0 Å². The highest BCUT2D eigenvalue weighted by atomic mass is 14.2. The fourth-order valence-corrected chi connectivity index (χ4v) is 3.59. The molecule has 2 rings (SSSR count). The SMILES string of the molecule is C.CC=CC1CCC(/C=C/C2CCC(C)CC2)CC1. The Morgan fingerprint density at radius 3 is 1.42 bits per heavy atom. The van der Waals surface area contributed by atoms with Gasteiger partial charge >= 0.3 is 0 Å². The fourth-order valence-electron chi connectivity index (χ4n) is 3.59. The second-order valence-electron chi connectivity index (χ2n) is 6.61. The zero-order chi connectivity index (χ0) is 12.8. The van der Waals surface area contributed by atoms with Gasteiger partial charge in [0.2, 0.25) is 0 Å². The zero-order valence-corrected chi connectivity index (χ0v) is 12.3. The molecule has 0 atom stereocenters. The molecule has 2 saturated carbocycles. The van der Waals surface area contributed by atoms with Gasteiger partial charge in [-0.3, -0.25) is 0 Å². The van der Waals surface area contributed by atoms with E-state index in [2.05, 4.69) is 38.2 Å². The second kappa shape index (κ2) is 8.61. The molecule has 2 aliphatic rings. The Hall–Kier alpha value is -0.520. The third-order valence-corrected chi connectivity index (χ3v) is 5.00. The lowest BCUT2D eigenvalue weighted by Gasteiger charge is -2.26. The van der Waals surface area contributed by atoms with E-state index in [1.54, 1.807) is 0 Å². The van der Waals surface area contributed by atoms with Crippen LogP contribution in [0.2, 0.25) is 0 Å². The molecule has 0 saturated heterocycles. The molecule has 19 heavy (non-hydrogen) atoms. The Labute approximate surface area is 121 Å². The summed E-state index contributed by atoms with van der Waals surface area (Å²) in [5.41, 5.74) is 0. The van der Waals surface area contributed by atoms with Crippen LogP contribution in [0.5, 0.6) is 0 Å². The van der Waals surface area contributed by atoms with Gasteiger partial charge in [-0.25, -0.2) is 0 Å². The van der Waals surface area contributed by atoms with Crippen molar-refractivity contribution in [3.63, 3.8) is 0 Å². The summed E-state index contributed by atoms with van der Waals surface area (Å²) in [6.07, 6.45) is 21.2. The van der Waals surface area contributed by atoms with Crippen LogP contribution < -0.4 is 0 Å². The average molecular weight is 262 g/mol. The maximum Gasteiger partial charge on any atom is -0.0233 e. The Morgan fingerprint density at radius 1 is 0.632 bits per heavy atom. The summed E-state index contributed by atoms with van der Waals surface area (Å²) in [5.74, 6) is 3.63. The van der Waals surface area contributed by atoms with Gasteiger partial charge in [-0.15, -0.1) is 0 Å². The number of rotatable bonds is 3. The Kier molecular flexibility index (Phi) is 7.49. The van der Waals surface area contributed by atoms with E-state index in [1.807, 2.05) is 0 Å². The van der Waals surface area contributed by atoms with E-state index in [-0.39, 0.29) is 7.43 Å². The van der Waals surface area contributed by atoms with Crippen molar-refractivity contribution in [2.75, 3.05) is 0 Å². The monoisotopic (exact) mass is 262 g/mol. The molecule has 0 aromatic heterocycles. The molecule has 0 radical (unpaired) electrons. The quantitative estimate of drug-likeness (QED) is 0.517. The smallest absolute Gasteiger partial charge is 0.0233 e. The highest BCUT2D eigenvalue weighted by molar-refractivity contribution is 4.98. The molecule has 110 valence electrons. The molecule has 0 aromatic carbocycles. The Morgan fingerprint density at radius 2 is 1.00 bits per heavy atom. The van der Waals surface area contributed by atoms with Gasteiger partial charge in [0.1, 0.15) is 0 Å². The maximum absolute atomic E-state index is 2.56. The van der Waals surface area contributed by atoms with Crippen LogP contribution in [-0.2, 0) is 0 Å². The minimum absolute atomic E-state index is 0. The van der Waals surface area contributed by atoms with Crippen molar-refractivity contribution in [2.24, 2.45) is 23.7 Å². The normalized spacial score (nSPS) is 36.5. The van der Waals surface area contributed by atoms with Crippen molar-refractivity contribution in [1.29, 1.82) is 0 Å². The van der Waals surface area contributed by atoms with E-state index in [0.29, 0.717) is 0 Å². The molecule has 0 unspecified atom stereocenters. The predicted octanol–water partition coefficient (Wildman–Crippen LogP) is 6.39. The number of hydrogen-bond donors (Lipinski definition) is 0. The van der Waals surface area contributed by atoms with Crippen molar-refractivity contribution in [2.45, 2.75) is 72.6 Å². The third kappa shape index (κ3) is 5.55. The zero-order valence-electron chi connectivity index (χ0n) is 12.3. The van der Waals surface area contributed by atoms with Crippen molar-refractivity contribution >= 4 is 0 Å². The molecule has 0 heterocycles. The lowest BCUT2D eigenvalue weighted by Crippen LogP contribution is -2.13. The lowest BCUT2D eigenvalue weighted by molar-refractivity contribution is 0.325. The molecule has 2 fully saturated rings. The molecule has 0 heteroatoms. The first kappa shape index (κ1) is 16.5. The predicted molar refractivity (Wildman–Crippen MR) is 87.3 cm³/mol. The molecule has 0 spiro atoms. The number of allylic oxidation sites excluding steroid dienone is 4. The average Bonchev–Trinajstić information content (AvgIpc) is 2.40. The van der Waals surface area contributed by atoms with Gasteiger partial charge in [0.05, 0.1) is 0 Å². The van der Waals surface area contributed by atoms with E-state index in [9.17, 15) is 0 Å². The van der Waals surface area contributed by atoms with Gasteiger partial charge in [0, 0.05) is 0 Å². The molecular formula is C19H34. The van der Waals surface area contributed by atoms with Crippen LogP contribution in [0.15, 0.2) is 24.3 Å². The molecule has 2 aliphatic carbocycles. The van der Waals surface area contributed by atoms with Crippen molar-refractivity contribution in [3.05, 3.63) is 24.3 Å². The number of hydrogen-bond acceptors (Lipinski definition) is 0. The topological polar surface area (TPSA) is 0 Å². The van der Waals surface area contributed by atoms with E-state index < -0.39 is 0 Å². The first-order chi connectivity index (χ1) is 8.78. The fraction of sp³-hybridized carbons (Fsp3) is 0.789. The summed E-state index contributed by atoms with van der Waals surface area (Å²) in [6.45, 7) is 4.55. The molecule has 0 aromatic rings. The van der Waals surface area contributed by atoms with Gasteiger partial charge in [-0.1, -0.05) is 51.5 Å². The Bertz CT molecular complexity index is 270. The van der Waals surface area contributed by atoms with Crippen molar-refractivity contribution < 1.29 is 0 Å². The Balaban J connectivity index is 0.00000180. The first-order valence-electron chi connectivity index (χ1n) is 8.09. The highest BCUT2D eigenvalue weighted by Gasteiger charge is 2.19. The largest absolute Gasteiger partial charge is 0.0914 e. The van der Waals surface area contributed by atoms with Crippen molar-refractivity contribution in [3.8, 4) is 0 Å². The van der Waals surface area contributed by atoms with Crippen LogP contribution in [0, 0.1) is 23.7 Å². The molecule has 0 N–H and O–H groups in total. The van der Waals surface area contributed by atoms with E-state index in [0.717, 1.165) is 23.7 Å². The van der Waals surface area contributed by atoms with Crippen molar-refractivity contribution in [1.82, 2.24) is 0 Å². The van der Waals surface area contributed by atoms with Gasteiger partial charge < -0.3 is 0 Å². The van der Waals surface area contributed by atoms with Gasteiger partial charge in [0.15, 0.2) is 0 Å². The van der Waals surface area contributed by atoms with Crippen LogP contribution in [-0.4, -0.2) is 0 Å². The van der Waals surface area contributed by atoms with Crippen LogP contribution in [0.1, 0.15) is 72.6 Å². The van der Waals surface area contributed by atoms with E-state index in [4.69, 9.17) is 0 Å². The maximum atomic E-state index is 2.56.